The first-order chi connectivity index (χ1) is 8.49. The number of aliphatic carboxylic acids is 1. The maximum atomic E-state index is 11.7. The van der Waals surface area contributed by atoms with E-state index in [4.69, 9.17) is 5.11 Å². The first-order valence-corrected chi connectivity index (χ1v) is 6.54. The lowest BCUT2D eigenvalue weighted by Gasteiger charge is -2.27. The Bertz CT molecular complexity index is 288. The van der Waals surface area contributed by atoms with Gasteiger partial charge in [-0.25, -0.2) is 14.6 Å². The van der Waals surface area contributed by atoms with Crippen LogP contribution >= 0.6 is 0 Å². The largest absolute Gasteiger partial charge is 0.480 e. The smallest absolute Gasteiger partial charge is 0.330 e. The molecule has 0 bridgehead atoms. The molecule has 0 aliphatic carbocycles. The Morgan fingerprint density at radius 1 is 1.22 bits per heavy atom. The average Bonchev–Trinajstić information content (AvgIpc) is 2.28. The summed E-state index contributed by atoms with van der Waals surface area (Å²) in [6, 6.07) is -1.25. The standard InChI is InChI=1S/C12H23N3O3/c1-9(2)8-10(11(16)17)13-12(18)14-15-6-4-3-5-7-15/h9-10H,3-8H2,1-2H3,(H,16,17)(H2,13,14,18)/t10-/m1/s1. The van der Waals surface area contributed by atoms with Gasteiger partial charge in [0.15, 0.2) is 0 Å². The lowest BCUT2D eigenvalue weighted by Crippen LogP contribution is -2.53. The number of hydrazine groups is 1. The third-order valence-corrected chi connectivity index (χ3v) is 2.93. The molecule has 1 fully saturated rings. The van der Waals surface area contributed by atoms with Crippen molar-refractivity contribution in [3.63, 3.8) is 0 Å². The second-order valence-electron chi connectivity index (χ2n) is 5.15. The molecule has 0 aromatic rings. The normalized spacial score (nSPS) is 18.4. The van der Waals surface area contributed by atoms with E-state index in [-0.39, 0.29) is 5.92 Å². The molecule has 1 saturated heterocycles. The highest BCUT2D eigenvalue weighted by Gasteiger charge is 2.22. The molecule has 0 radical (unpaired) electrons. The van der Waals surface area contributed by atoms with Crippen molar-refractivity contribution >= 4 is 12.0 Å². The number of nitrogens with zero attached hydrogens (tertiary/aromatic N) is 1. The van der Waals surface area contributed by atoms with Gasteiger partial charge in [0, 0.05) is 13.1 Å². The van der Waals surface area contributed by atoms with E-state index in [1.807, 2.05) is 18.9 Å². The minimum absolute atomic E-state index is 0.224. The van der Waals surface area contributed by atoms with Gasteiger partial charge in [0.05, 0.1) is 0 Å². The molecule has 3 N–H and O–H groups in total. The molecule has 1 rings (SSSR count). The molecule has 6 heteroatoms. The van der Waals surface area contributed by atoms with E-state index in [1.54, 1.807) is 0 Å². The van der Waals surface area contributed by atoms with Crippen molar-refractivity contribution < 1.29 is 14.7 Å². The zero-order valence-corrected chi connectivity index (χ0v) is 11.1. The molecule has 18 heavy (non-hydrogen) atoms. The van der Waals surface area contributed by atoms with Crippen LogP contribution in [-0.4, -0.2) is 41.2 Å². The fraction of sp³-hybridized carbons (Fsp3) is 0.833. The average molecular weight is 257 g/mol. The summed E-state index contributed by atoms with van der Waals surface area (Å²) < 4.78 is 0. The summed E-state index contributed by atoms with van der Waals surface area (Å²) >= 11 is 0. The molecule has 1 aliphatic heterocycles. The highest BCUT2D eigenvalue weighted by atomic mass is 16.4. The molecule has 2 amide bonds. The van der Waals surface area contributed by atoms with E-state index >= 15 is 0 Å². The first kappa shape index (κ1) is 14.8. The molecule has 0 unspecified atom stereocenters. The molecule has 1 aliphatic rings. The zero-order chi connectivity index (χ0) is 13.5. The van der Waals surface area contributed by atoms with Crippen LogP contribution in [0.4, 0.5) is 4.79 Å². The molecular formula is C12H23N3O3. The summed E-state index contributed by atoms with van der Waals surface area (Å²) in [5.41, 5.74) is 2.70. The monoisotopic (exact) mass is 257 g/mol. The van der Waals surface area contributed by atoms with Crippen LogP contribution in [0.2, 0.25) is 0 Å². The number of carboxylic acid groups (broad SMARTS) is 1. The number of carbonyl (C=O) groups excluding carboxylic acids is 1. The predicted octanol–water partition coefficient (Wildman–Crippen LogP) is 1.19. The number of hydrogen-bond donors (Lipinski definition) is 3. The molecule has 1 heterocycles. The van der Waals surface area contributed by atoms with Crippen molar-refractivity contribution in [1.29, 1.82) is 0 Å². The van der Waals surface area contributed by atoms with E-state index < -0.39 is 18.0 Å². The number of piperidine rings is 1. The molecule has 1 atom stereocenters. The quantitative estimate of drug-likeness (QED) is 0.691. The summed E-state index contributed by atoms with van der Waals surface area (Å²) in [5.74, 6) is -0.765. The third kappa shape index (κ3) is 5.35. The second-order valence-corrected chi connectivity index (χ2v) is 5.15. The highest BCUT2D eigenvalue weighted by Crippen LogP contribution is 2.07. The number of nitrogens with one attached hydrogen (secondary N) is 2. The van der Waals surface area contributed by atoms with Gasteiger partial charge in [-0.2, -0.15) is 0 Å². The Labute approximate surface area is 108 Å². The summed E-state index contributed by atoms with van der Waals surface area (Å²) in [7, 11) is 0. The van der Waals surface area contributed by atoms with Crippen molar-refractivity contribution in [2.75, 3.05) is 13.1 Å². The van der Waals surface area contributed by atoms with Crippen molar-refractivity contribution in [2.24, 2.45) is 5.92 Å². The molecule has 104 valence electrons. The van der Waals surface area contributed by atoms with Crippen LogP contribution in [0, 0.1) is 5.92 Å². The molecule has 0 aromatic heterocycles. The number of urea groups is 1. The predicted molar refractivity (Wildman–Crippen MR) is 68.0 cm³/mol. The van der Waals surface area contributed by atoms with E-state index in [0.717, 1.165) is 25.9 Å². The van der Waals surface area contributed by atoms with Gasteiger partial charge in [0.2, 0.25) is 0 Å². The molecule has 0 saturated carbocycles. The summed E-state index contributed by atoms with van der Waals surface area (Å²) in [5, 5.41) is 13.4. The van der Waals surface area contributed by atoms with Gasteiger partial charge in [-0.1, -0.05) is 20.3 Å². The van der Waals surface area contributed by atoms with Gasteiger partial charge in [-0.05, 0) is 25.2 Å². The number of hydrogen-bond acceptors (Lipinski definition) is 3. The summed E-state index contributed by atoms with van der Waals surface area (Å²) in [4.78, 5) is 22.7. The van der Waals surface area contributed by atoms with Gasteiger partial charge < -0.3 is 10.4 Å². The molecule has 6 nitrogen and oxygen atoms in total. The maximum absolute atomic E-state index is 11.7. The van der Waals surface area contributed by atoms with Crippen LogP contribution in [-0.2, 0) is 4.79 Å². The van der Waals surface area contributed by atoms with Crippen LogP contribution < -0.4 is 10.7 Å². The van der Waals surface area contributed by atoms with Crippen molar-refractivity contribution in [3.8, 4) is 0 Å². The van der Waals surface area contributed by atoms with Crippen molar-refractivity contribution in [2.45, 2.75) is 45.6 Å². The minimum atomic E-state index is -0.988. The summed E-state index contributed by atoms with van der Waals surface area (Å²) in [6.07, 6.45) is 3.75. The summed E-state index contributed by atoms with van der Waals surface area (Å²) in [6.45, 7) is 5.52. The van der Waals surface area contributed by atoms with Crippen LogP contribution in [0.15, 0.2) is 0 Å². The van der Waals surface area contributed by atoms with Gasteiger partial charge in [-0.15, -0.1) is 0 Å². The zero-order valence-electron chi connectivity index (χ0n) is 11.1. The fourth-order valence-corrected chi connectivity index (χ4v) is 2.03. The van der Waals surface area contributed by atoms with E-state index in [9.17, 15) is 9.59 Å². The van der Waals surface area contributed by atoms with Crippen molar-refractivity contribution in [1.82, 2.24) is 15.8 Å². The molecular weight excluding hydrogens is 234 g/mol. The number of rotatable bonds is 5. The van der Waals surface area contributed by atoms with E-state index in [2.05, 4.69) is 10.7 Å². The van der Waals surface area contributed by atoms with Crippen LogP contribution in [0.3, 0.4) is 0 Å². The molecule has 0 spiro atoms. The highest BCUT2D eigenvalue weighted by molar-refractivity contribution is 5.82. The fourth-order valence-electron chi connectivity index (χ4n) is 2.03. The lowest BCUT2D eigenvalue weighted by molar-refractivity contribution is -0.139. The maximum Gasteiger partial charge on any atom is 0.330 e. The Hall–Kier alpha value is -1.30. The second kappa shape index (κ2) is 7.20. The van der Waals surface area contributed by atoms with E-state index in [1.165, 1.54) is 6.42 Å². The van der Waals surface area contributed by atoms with Gasteiger partial charge >= 0.3 is 12.0 Å². The van der Waals surface area contributed by atoms with Gasteiger partial charge in [-0.3, -0.25) is 5.43 Å². The Kier molecular flexibility index (Phi) is 5.91. The minimum Gasteiger partial charge on any atom is -0.480 e. The Morgan fingerprint density at radius 2 is 1.83 bits per heavy atom. The SMILES string of the molecule is CC(C)C[C@@H](NC(=O)NN1CCCCC1)C(=O)O. The third-order valence-electron chi connectivity index (χ3n) is 2.93. The van der Waals surface area contributed by atoms with Gasteiger partial charge in [0.25, 0.3) is 0 Å². The first-order valence-electron chi connectivity index (χ1n) is 6.54. The Morgan fingerprint density at radius 3 is 2.33 bits per heavy atom. The molecule has 0 aromatic carbocycles. The van der Waals surface area contributed by atoms with Crippen LogP contribution in [0.25, 0.3) is 0 Å². The van der Waals surface area contributed by atoms with Gasteiger partial charge in [0.1, 0.15) is 6.04 Å². The number of amides is 2. The Balaban J connectivity index is 2.37. The topological polar surface area (TPSA) is 81.7 Å². The van der Waals surface area contributed by atoms with Crippen LogP contribution in [0.5, 0.6) is 0 Å². The van der Waals surface area contributed by atoms with Crippen molar-refractivity contribution in [3.05, 3.63) is 0 Å². The number of carboxylic acids is 1. The van der Waals surface area contributed by atoms with E-state index in [0.29, 0.717) is 6.42 Å². The number of carbonyl (C=O) groups is 2. The van der Waals surface area contributed by atoms with Crippen LogP contribution in [0.1, 0.15) is 39.5 Å². The lowest BCUT2D eigenvalue weighted by atomic mass is 10.0.